The number of rotatable bonds is 5. The quantitative estimate of drug-likeness (QED) is 0.899. The molecule has 1 N–H and O–H groups in total. The SMILES string of the molecule is CCOC(C)(CC)C(O)c1c(Br)nnn1C. The second-order valence-corrected chi connectivity index (χ2v) is 4.64. The summed E-state index contributed by atoms with van der Waals surface area (Å²) in [5, 5.41) is 18.1. The first-order valence-corrected chi connectivity index (χ1v) is 6.12. The lowest BCUT2D eigenvalue weighted by atomic mass is 9.93. The molecule has 0 fully saturated rings. The number of nitrogens with zero attached hydrogens (tertiary/aromatic N) is 3. The van der Waals surface area contributed by atoms with Gasteiger partial charge in [-0.1, -0.05) is 12.1 Å². The maximum Gasteiger partial charge on any atom is 0.154 e. The van der Waals surface area contributed by atoms with Crippen LogP contribution in [0.2, 0.25) is 0 Å². The van der Waals surface area contributed by atoms with Gasteiger partial charge in [-0.3, -0.25) is 0 Å². The number of aliphatic hydroxyl groups excluding tert-OH is 1. The maximum absolute atomic E-state index is 10.4. The molecule has 16 heavy (non-hydrogen) atoms. The number of hydrogen-bond donors (Lipinski definition) is 1. The van der Waals surface area contributed by atoms with Crippen molar-refractivity contribution in [1.29, 1.82) is 0 Å². The summed E-state index contributed by atoms with van der Waals surface area (Å²) in [7, 11) is 1.75. The molecule has 1 rings (SSSR count). The van der Waals surface area contributed by atoms with Crippen LogP contribution >= 0.6 is 15.9 Å². The highest BCUT2D eigenvalue weighted by Crippen LogP contribution is 2.34. The van der Waals surface area contributed by atoms with Gasteiger partial charge < -0.3 is 9.84 Å². The van der Waals surface area contributed by atoms with E-state index in [2.05, 4.69) is 26.2 Å². The summed E-state index contributed by atoms with van der Waals surface area (Å²) in [6.07, 6.45) is -0.0496. The van der Waals surface area contributed by atoms with Gasteiger partial charge in [-0.05, 0) is 36.2 Å². The molecule has 0 saturated carbocycles. The number of aryl methyl sites for hydroxylation is 1. The van der Waals surface area contributed by atoms with Crippen LogP contribution in [0.3, 0.4) is 0 Å². The number of halogens is 1. The van der Waals surface area contributed by atoms with E-state index >= 15 is 0 Å². The zero-order valence-electron chi connectivity index (χ0n) is 10.1. The van der Waals surface area contributed by atoms with Crippen molar-refractivity contribution in [3.63, 3.8) is 0 Å². The van der Waals surface area contributed by atoms with Crippen LogP contribution in [0.4, 0.5) is 0 Å². The summed E-state index contributed by atoms with van der Waals surface area (Å²) in [4.78, 5) is 0. The highest BCUT2D eigenvalue weighted by atomic mass is 79.9. The summed E-state index contributed by atoms with van der Waals surface area (Å²) in [5.74, 6) is 0. The van der Waals surface area contributed by atoms with Crippen molar-refractivity contribution in [2.45, 2.75) is 38.9 Å². The molecule has 0 aliphatic heterocycles. The summed E-state index contributed by atoms with van der Waals surface area (Å²) in [6.45, 7) is 6.35. The molecule has 0 aromatic carbocycles. The lowest BCUT2D eigenvalue weighted by Crippen LogP contribution is -2.36. The minimum Gasteiger partial charge on any atom is -0.384 e. The summed E-state index contributed by atoms with van der Waals surface area (Å²) >= 11 is 3.28. The maximum atomic E-state index is 10.4. The largest absolute Gasteiger partial charge is 0.384 e. The molecule has 0 saturated heterocycles. The Bertz CT molecular complexity index is 336. The van der Waals surface area contributed by atoms with Crippen LogP contribution in [0.15, 0.2) is 4.60 Å². The van der Waals surface area contributed by atoms with E-state index in [4.69, 9.17) is 4.74 Å². The minimum atomic E-state index is -0.758. The molecule has 5 nitrogen and oxygen atoms in total. The predicted octanol–water partition coefficient (Wildman–Crippen LogP) is 1.82. The van der Waals surface area contributed by atoms with Crippen molar-refractivity contribution >= 4 is 15.9 Å². The van der Waals surface area contributed by atoms with E-state index in [-0.39, 0.29) is 0 Å². The Hall–Kier alpha value is -0.460. The Kier molecular flexibility index (Phi) is 4.46. The van der Waals surface area contributed by atoms with Crippen molar-refractivity contribution in [2.75, 3.05) is 6.61 Å². The van der Waals surface area contributed by atoms with E-state index in [1.807, 2.05) is 20.8 Å². The number of aliphatic hydroxyl groups is 1. The third-order valence-corrected chi connectivity index (χ3v) is 3.41. The molecule has 1 aromatic heterocycles. The van der Waals surface area contributed by atoms with Gasteiger partial charge in [0.25, 0.3) is 0 Å². The topological polar surface area (TPSA) is 60.2 Å². The van der Waals surface area contributed by atoms with Crippen LogP contribution in [0.5, 0.6) is 0 Å². The minimum absolute atomic E-state index is 0.557. The van der Waals surface area contributed by atoms with Gasteiger partial charge in [0.05, 0.1) is 5.60 Å². The molecule has 0 aliphatic rings. The first-order valence-electron chi connectivity index (χ1n) is 5.33. The van der Waals surface area contributed by atoms with Gasteiger partial charge in [0.15, 0.2) is 4.60 Å². The normalized spacial score (nSPS) is 17.1. The average molecular weight is 292 g/mol. The Balaban J connectivity index is 3.04. The van der Waals surface area contributed by atoms with Crippen LogP contribution in [0.1, 0.15) is 39.0 Å². The molecular formula is C10H18BrN3O2. The molecule has 0 aliphatic carbocycles. The molecular weight excluding hydrogens is 274 g/mol. The Labute approximate surface area is 104 Å². The van der Waals surface area contributed by atoms with Gasteiger partial charge >= 0.3 is 0 Å². The summed E-state index contributed by atoms with van der Waals surface area (Å²) < 4.78 is 7.75. The summed E-state index contributed by atoms with van der Waals surface area (Å²) in [5.41, 5.74) is 0.0185. The van der Waals surface area contributed by atoms with Gasteiger partial charge in [-0.2, -0.15) is 0 Å². The van der Waals surface area contributed by atoms with Gasteiger partial charge in [0, 0.05) is 13.7 Å². The third kappa shape index (κ3) is 2.44. The highest BCUT2D eigenvalue weighted by molar-refractivity contribution is 9.10. The fraction of sp³-hybridized carbons (Fsp3) is 0.800. The summed E-state index contributed by atoms with van der Waals surface area (Å²) in [6, 6.07) is 0. The Morgan fingerprint density at radius 1 is 1.56 bits per heavy atom. The standard InChI is InChI=1S/C10H18BrN3O2/c1-5-10(3,16-6-2)8(15)7-9(11)12-13-14(7)4/h8,15H,5-6H2,1-4H3. The van der Waals surface area contributed by atoms with Crippen LogP contribution < -0.4 is 0 Å². The first kappa shape index (κ1) is 13.6. The molecule has 2 atom stereocenters. The van der Waals surface area contributed by atoms with Crippen molar-refractivity contribution < 1.29 is 9.84 Å². The number of aromatic nitrogens is 3. The first-order chi connectivity index (χ1) is 7.46. The lowest BCUT2D eigenvalue weighted by Gasteiger charge is -2.33. The van der Waals surface area contributed by atoms with Crippen LogP contribution in [0, 0.1) is 0 Å². The number of hydrogen-bond acceptors (Lipinski definition) is 4. The average Bonchev–Trinajstić information content (AvgIpc) is 2.58. The highest BCUT2D eigenvalue weighted by Gasteiger charge is 2.36. The lowest BCUT2D eigenvalue weighted by molar-refractivity contribution is -0.115. The molecule has 2 unspecified atom stereocenters. The molecule has 1 aromatic rings. The van der Waals surface area contributed by atoms with E-state index in [1.165, 1.54) is 0 Å². The second kappa shape index (κ2) is 5.25. The van der Waals surface area contributed by atoms with Crippen LogP contribution in [-0.4, -0.2) is 32.3 Å². The molecule has 6 heteroatoms. The van der Waals surface area contributed by atoms with E-state index in [0.29, 0.717) is 23.3 Å². The van der Waals surface area contributed by atoms with Gasteiger partial charge in [-0.15, -0.1) is 5.10 Å². The van der Waals surface area contributed by atoms with Crippen molar-refractivity contribution in [2.24, 2.45) is 7.05 Å². The molecule has 0 bridgehead atoms. The molecule has 0 spiro atoms. The van der Waals surface area contributed by atoms with Crippen molar-refractivity contribution in [3.05, 3.63) is 10.3 Å². The van der Waals surface area contributed by atoms with E-state index in [1.54, 1.807) is 11.7 Å². The predicted molar refractivity (Wildman–Crippen MR) is 64.0 cm³/mol. The molecule has 92 valence electrons. The van der Waals surface area contributed by atoms with Crippen LogP contribution in [-0.2, 0) is 11.8 Å². The van der Waals surface area contributed by atoms with E-state index in [9.17, 15) is 5.11 Å². The van der Waals surface area contributed by atoms with Gasteiger partial charge in [0.1, 0.15) is 11.8 Å². The molecule has 0 amide bonds. The zero-order chi connectivity index (χ0) is 12.3. The van der Waals surface area contributed by atoms with Crippen molar-refractivity contribution in [3.8, 4) is 0 Å². The second-order valence-electron chi connectivity index (χ2n) is 3.89. The van der Waals surface area contributed by atoms with Crippen LogP contribution in [0.25, 0.3) is 0 Å². The monoisotopic (exact) mass is 291 g/mol. The van der Waals surface area contributed by atoms with Gasteiger partial charge in [0.2, 0.25) is 0 Å². The number of ether oxygens (including phenoxy) is 1. The van der Waals surface area contributed by atoms with E-state index < -0.39 is 11.7 Å². The fourth-order valence-corrected chi connectivity index (χ4v) is 2.17. The molecule has 0 radical (unpaired) electrons. The Morgan fingerprint density at radius 2 is 2.19 bits per heavy atom. The molecule has 1 heterocycles. The van der Waals surface area contributed by atoms with Crippen molar-refractivity contribution in [1.82, 2.24) is 15.0 Å². The fourth-order valence-electron chi connectivity index (χ4n) is 1.62. The smallest absolute Gasteiger partial charge is 0.154 e. The van der Waals surface area contributed by atoms with Gasteiger partial charge in [-0.25, -0.2) is 4.68 Å². The Morgan fingerprint density at radius 3 is 2.56 bits per heavy atom. The zero-order valence-corrected chi connectivity index (χ0v) is 11.7. The third-order valence-electron chi connectivity index (χ3n) is 2.84. The van der Waals surface area contributed by atoms with E-state index in [0.717, 1.165) is 0 Å².